The van der Waals surface area contributed by atoms with E-state index in [1.807, 2.05) is 0 Å². The van der Waals surface area contributed by atoms with Crippen LogP contribution in [0.4, 0.5) is 18.0 Å². The molecule has 108 valence electrons. The number of amides is 1. The number of ether oxygens (including phenoxy) is 1. The summed E-state index contributed by atoms with van der Waals surface area (Å²) in [6, 6.07) is -2.60. The second-order valence-corrected chi connectivity index (χ2v) is 5.32. The van der Waals surface area contributed by atoms with Gasteiger partial charge in [-0.05, 0) is 34.1 Å². The number of carbonyl (C=O) groups is 1. The molecule has 0 aliphatic rings. The number of nitrogens with two attached hydrogens (primary N) is 1. The molecule has 1 amide bonds. The predicted molar refractivity (Wildman–Crippen MR) is 62.1 cm³/mol. The summed E-state index contributed by atoms with van der Waals surface area (Å²) in [7, 11) is 1.39. The number of alkyl halides is 3. The van der Waals surface area contributed by atoms with Crippen molar-refractivity contribution >= 4 is 6.09 Å². The van der Waals surface area contributed by atoms with Crippen LogP contribution in [0.2, 0.25) is 0 Å². The van der Waals surface area contributed by atoms with Gasteiger partial charge in [-0.2, -0.15) is 13.2 Å². The van der Waals surface area contributed by atoms with E-state index in [0.717, 1.165) is 4.90 Å². The Morgan fingerprint density at radius 1 is 1.33 bits per heavy atom. The molecular weight excluding hydrogens is 249 g/mol. The maximum absolute atomic E-state index is 12.3. The molecule has 0 aliphatic carbocycles. The van der Waals surface area contributed by atoms with Gasteiger partial charge in [0.25, 0.3) is 0 Å². The molecule has 0 saturated heterocycles. The van der Waals surface area contributed by atoms with Crippen molar-refractivity contribution in [3.05, 3.63) is 0 Å². The van der Waals surface area contributed by atoms with E-state index in [4.69, 9.17) is 10.5 Å². The number of hydrogen-bond acceptors (Lipinski definition) is 3. The summed E-state index contributed by atoms with van der Waals surface area (Å²) < 4.78 is 41.9. The molecule has 18 heavy (non-hydrogen) atoms. The summed E-state index contributed by atoms with van der Waals surface area (Å²) >= 11 is 0. The quantitative estimate of drug-likeness (QED) is 0.857. The topological polar surface area (TPSA) is 55.6 Å². The van der Waals surface area contributed by atoms with E-state index >= 15 is 0 Å². The van der Waals surface area contributed by atoms with Crippen LogP contribution >= 0.6 is 0 Å². The first-order valence-electron chi connectivity index (χ1n) is 5.62. The standard InChI is InChI=1S/C11H21F3N2O2/c1-7(6-8(15)11(12,13)14)16(5)9(17)18-10(2,3)4/h7-8H,6,15H2,1-5H3. The van der Waals surface area contributed by atoms with Gasteiger partial charge in [-0.25, -0.2) is 4.79 Å². The van der Waals surface area contributed by atoms with Gasteiger partial charge in [-0.1, -0.05) is 0 Å². The average molecular weight is 270 g/mol. The lowest BCUT2D eigenvalue weighted by Crippen LogP contribution is -2.46. The maximum atomic E-state index is 12.3. The number of carbonyl (C=O) groups excluding carboxylic acids is 1. The molecule has 0 aromatic rings. The molecule has 7 heteroatoms. The van der Waals surface area contributed by atoms with E-state index in [0.29, 0.717) is 0 Å². The minimum absolute atomic E-state index is 0.362. The van der Waals surface area contributed by atoms with Crippen molar-refractivity contribution in [3.8, 4) is 0 Å². The van der Waals surface area contributed by atoms with E-state index in [1.54, 1.807) is 20.8 Å². The third-order valence-electron chi connectivity index (χ3n) is 2.36. The molecule has 0 rings (SSSR count). The van der Waals surface area contributed by atoms with Crippen LogP contribution in [0.1, 0.15) is 34.1 Å². The van der Waals surface area contributed by atoms with Crippen LogP contribution in [0.25, 0.3) is 0 Å². The number of hydrogen-bond donors (Lipinski definition) is 1. The molecule has 2 N–H and O–H groups in total. The first kappa shape index (κ1) is 17.0. The molecule has 0 saturated carbocycles. The van der Waals surface area contributed by atoms with Crippen LogP contribution in [0.15, 0.2) is 0 Å². The highest BCUT2D eigenvalue weighted by Crippen LogP contribution is 2.23. The van der Waals surface area contributed by atoms with E-state index < -0.39 is 30.0 Å². The summed E-state index contributed by atoms with van der Waals surface area (Å²) in [5, 5.41) is 0. The summed E-state index contributed by atoms with van der Waals surface area (Å²) in [5.41, 5.74) is 4.33. The lowest BCUT2D eigenvalue weighted by Gasteiger charge is -2.30. The van der Waals surface area contributed by atoms with Crippen LogP contribution in [0.3, 0.4) is 0 Å². The van der Waals surface area contributed by atoms with E-state index in [2.05, 4.69) is 0 Å². The fourth-order valence-electron chi connectivity index (χ4n) is 1.17. The predicted octanol–water partition coefficient (Wildman–Crippen LogP) is 2.52. The number of rotatable bonds is 3. The summed E-state index contributed by atoms with van der Waals surface area (Å²) in [4.78, 5) is 12.7. The van der Waals surface area contributed by atoms with E-state index in [9.17, 15) is 18.0 Å². The molecule has 0 fully saturated rings. The van der Waals surface area contributed by atoms with Crippen molar-refractivity contribution in [2.75, 3.05) is 7.05 Å². The normalized spacial score (nSPS) is 16.1. The number of halogens is 3. The lowest BCUT2D eigenvalue weighted by atomic mass is 10.1. The maximum Gasteiger partial charge on any atom is 0.410 e. The van der Waals surface area contributed by atoms with Gasteiger partial charge in [0.2, 0.25) is 0 Å². The summed E-state index contributed by atoms with van der Waals surface area (Å²) in [5.74, 6) is 0. The smallest absolute Gasteiger partial charge is 0.410 e. The Morgan fingerprint density at radius 2 is 1.78 bits per heavy atom. The van der Waals surface area contributed by atoms with Gasteiger partial charge in [0.05, 0.1) is 0 Å². The third kappa shape index (κ3) is 6.09. The summed E-state index contributed by atoms with van der Waals surface area (Å²) in [6.07, 6.45) is -5.48. The molecule has 0 aromatic heterocycles. The molecule has 2 atom stereocenters. The molecule has 0 aliphatic heterocycles. The molecule has 0 bridgehead atoms. The zero-order valence-electron chi connectivity index (χ0n) is 11.3. The fourth-order valence-corrected chi connectivity index (χ4v) is 1.17. The molecule has 4 nitrogen and oxygen atoms in total. The Morgan fingerprint density at radius 3 is 2.11 bits per heavy atom. The van der Waals surface area contributed by atoms with Gasteiger partial charge in [0, 0.05) is 13.1 Å². The van der Waals surface area contributed by atoms with Crippen molar-refractivity contribution in [3.63, 3.8) is 0 Å². The summed E-state index contributed by atoms with van der Waals surface area (Å²) in [6.45, 7) is 6.55. The minimum Gasteiger partial charge on any atom is -0.444 e. The zero-order chi connectivity index (χ0) is 14.7. The molecule has 0 spiro atoms. The van der Waals surface area contributed by atoms with Gasteiger partial charge in [-0.3, -0.25) is 0 Å². The lowest BCUT2D eigenvalue weighted by molar-refractivity contribution is -0.151. The highest BCUT2D eigenvalue weighted by atomic mass is 19.4. The average Bonchev–Trinajstić information content (AvgIpc) is 2.11. The van der Waals surface area contributed by atoms with Gasteiger partial charge in [-0.15, -0.1) is 0 Å². The monoisotopic (exact) mass is 270 g/mol. The van der Waals surface area contributed by atoms with Crippen LogP contribution in [0, 0.1) is 0 Å². The minimum atomic E-state index is -4.46. The van der Waals surface area contributed by atoms with Crippen molar-refractivity contribution in [2.24, 2.45) is 5.73 Å². The Kier molecular flexibility index (Phi) is 5.46. The van der Waals surface area contributed by atoms with Gasteiger partial charge in [0.1, 0.15) is 11.6 Å². The van der Waals surface area contributed by atoms with Gasteiger partial charge >= 0.3 is 12.3 Å². The van der Waals surface area contributed by atoms with Crippen LogP contribution < -0.4 is 5.73 Å². The second-order valence-electron chi connectivity index (χ2n) is 5.32. The molecule has 0 radical (unpaired) electrons. The van der Waals surface area contributed by atoms with Gasteiger partial charge < -0.3 is 15.4 Å². The van der Waals surface area contributed by atoms with Gasteiger partial charge in [0.15, 0.2) is 0 Å². The van der Waals surface area contributed by atoms with Crippen LogP contribution in [-0.4, -0.2) is 41.9 Å². The second kappa shape index (κ2) is 5.77. The van der Waals surface area contributed by atoms with E-state index in [-0.39, 0.29) is 6.42 Å². The highest BCUT2D eigenvalue weighted by Gasteiger charge is 2.38. The van der Waals surface area contributed by atoms with Crippen molar-refractivity contribution in [1.82, 2.24) is 4.90 Å². The first-order valence-corrected chi connectivity index (χ1v) is 5.62. The van der Waals surface area contributed by atoms with Crippen molar-refractivity contribution in [1.29, 1.82) is 0 Å². The Labute approximate surface area is 105 Å². The Hall–Kier alpha value is -0.980. The zero-order valence-corrected chi connectivity index (χ0v) is 11.3. The number of nitrogens with zero attached hydrogens (tertiary/aromatic N) is 1. The molecule has 2 unspecified atom stereocenters. The largest absolute Gasteiger partial charge is 0.444 e. The highest BCUT2D eigenvalue weighted by molar-refractivity contribution is 5.68. The Balaban J connectivity index is 4.43. The molecular formula is C11H21F3N2O2. The fraction of sp³-hybridized carbons (Fsp3) is 0.909. The van der Waals surface area contributed by atoms with E-state index in [1.165, 1.54) is 14.0 Å². The Bertz CT molecular complexity index is 287. The van der Waals surface area contributed by atoms with Crippen molar-refractivity contribution < 1.29 is 22.7 Å². The third-order valence-corrected chi connectivity index (χ3v) is 2.36. The van der Waals surface area contributed by atoms with Crippen molar-refractivity contribution in [2.45, 2.75) is 58.0 Å². The SMILES string of the molecule is CC(CC(N)C(F)(F)F)N(C)C(=O)OC(C)(C)C. The molecule has 0 heterocycles. The first-order chi connectivity index (χ1) is 7.84. The molecule has 0 aromatic carbocycles. The van der Waals surface area contributed by atoms with Crippen LogP contribution in [-0.2, 0) is 4.74 Å². The van der Waals surface area contributed by atoms with Crippen LogP contribution in [0.5, 0.6) is 0 Å².